The maximum absolute atomic E-state index is 11.6. The second-order valence-corrected chi connectivity index (χ2v) is 5.45. The minimum absolute atomic E-state index is 0.0148. The van der Waals surface area contributed by atoms with Crippen molar-refractivity contribution in [3.05, 3.63) is 29.3 Å². The van der Waals surface area contributed by atoms with E-state index >= 15 is 0 Å². The molecule has 1 aliphatic carbocycles. The fourth-order valence-corrected chi connectivity index (χ4v) is 1.88. The van der Waals surface area contributed by atoms with Crippen LogP contribution in [0.2, 0.25) is 0 Å². The highest BCUT2D eigenvalue weighted by Crippen LogP contribution is 2.28. The van der Waals surface area contributed by atoms with Crippen LogP contribution in [0, 0.1) is 19.8 Å². The Morgan fingerprint density at radius 2 is 1.86 bits per heavy atom. The van der Waals surface area contributed by atoms with E-state index in [0.717, 1.165) is 18.4 Å². The summed E-state index contributed by atoms with van der Waals surface area (Å²) in [5.74, 6) is 0.800. The van der Waals surface area contributed by atoms with Gasteiger partial charge in [-0.1, -0.05) is 6.07 Å². The van der Waals surface area contributed by atoms with E-state index in [1.807, 2.05) is 32.0 Å². The van der Waals surface area contributed by atoms with Gasteiger partial charge in [0.2, 0.25) is 5.91 Å². The zero-order valence-electron chi connectivity index (χ0n) is 12.6. The third-order valence-corrected chi connectivity index (χ3v) is 3.54. The lowest BCUT2D eigenvalue weighted by atomic mass is 10.1. The third kappa shape index (κ3) is 5.10. The van der Waals surface area contributed by atoms with Gasteiger partial charge in [-0.25, -0.2) is 0 Å². The van der Waals surface area contributed by atoms with E-state index < -0.39 is 0 Å². The van der Waals surface area contributed by atoms with Crippen LogP contribution >= 0.6 is 0 Å². The van der Waals surface area contributed by atoms with Crippen LogP contribution in [-0.4, -0.2) is 31.5 Å². The molecule has 0 atom stereocenters. The Morgan fingerprint density at radius 3 is 2.52 bits per heavy atom. The summed E-state index contributed by atoms with van der Waals surface area (Å²) in [7, 11) is 0. The zero-order valence-corrected chi connectivity index (χ0v) is 12.6. The number of benzene rings is 1. The topological polar surface area (TPSA) is 67.4 Å². The van der Waals surface area contributed by atoms with E-state index in [-0.39, 0.29) is 24.3 Å². The Morgan fingerprint density at radius 1 is 1.14 bits per heavy atom. The molecule has 0 spiro atoms. The van der Waals surface area contributed by atoms with Crippen LogP contribution in [-0.2, 0) is 9.59 Å². The molecule has 0 aliphatic heterocycles. The molecule has 0 radical (unpaired) electrons. The minimum atomic E-state index is -0.186. The van der Waals surface area contributed by atoms with Crippen molar-refractivity contribution in [3.8, 4) is 5.75 Å². The summed E-state index contributed by atoms with van der Waals surface area (Å²) >= 11 is 0. The highest BCUT2D eigenvalue weighted by molar-refractivity contribution is 5.81. The molecule has 114 valence electrons. The first-order valence-electron chi connectivity index (χ1n) is 7.30. The van der Waals surface area contributed by atoms with Crippen molar-refractivity contribution in [1.29, 1.82) is 0 Å². The molecule has 1 aromatic rings. The fourth-order valence-electron chi connectivity index (χ4n) is 1.88. The lowest BCUT2D eigenvalue weighted by Crippen LogP contribution is -2.37. The number of nitrogens with one attached hydrogen (secondary N) is 2. The van der Waals surface area contributed by atoms with E-state index in [9.17, 15) is 9.59 Å². The SMILES string of the molecule is Cc1ccc(OCC(=O)NCCNC(=O)C2CC2)cc1C. The maximum Gasteiger partial charge on any atom is 0.258 e. The Balaban J connectivity index is 1.60. The molecule has 0 aromatic heterocycles. The van der Waals surface area contributed by atoms with Gasteiger partial charge >= 0.3 is 0 Å². The molecular weight excluding hydrogens is 268 g/mol. The Kier molecular flexibility index (Phi) is 5.20. The molecule has 2 rings (SSSR count). The molecule has 0 heterocycles. The molecule has 1 fully saturated rings. The summed E-state index contributed by atoms with van der Waals surface area (Å²) in [5, 5.41) is 5.51. The minimum Gasteiger partial charge on any atom is -0.484 e. The lowest BCUT2D eigenvalue weighted by molar-refractivity contribution is -0.124. The summed E-state index contributed by atoms with van der Waals surface area (Å²) in [6.45, 7) is 4.91. The predicted octanol–water partition coefficient (Wildman–Crippen LogP) is 1.32. The Bertz CT molecular complexity index is 524. The van der Waals surface area contributed by atoms with Crippen molar-refractivity contribution < 1.29 is 14.3 Å². The van der Waals surface area contributed by atoms with Crippen LogP contribution in [0.15, 0.2) is 18.2 Å². The molecule has 1 aromatic carbocycles. The predicted molar refractivity (Wildman–Crippen MR) is 80.2 cm³/mol. The van der Waals surface area contributed by atoms with Gasteiger partial charge in [0.15, 0.2) is 6.61 Å². The number of carbonyl (C=O) groups excluding carboxylic acids is 2. The molecule has 1 saturated carbocycles. The summed E-state index contributed by atoms with van der Waals surface area (Å²) in [4.78, 5) is 23.0. The van der Waals surface area contributed by atoms with Crippen molar-refractivity contribution in [1.82, 2.24) is 10.6 Å². The van der Waals surface area contributed by atoms with Gasteiger partial charge in [0.05, 0.1) is 0 Å². The normalized spacial score (nSPS) is 13.6. The zero-order chi connectivity index (χ0) is 15.2. The Labute approximate surface area is 125 Å². The first-order valence-corrected chi connectivity index (χ1v) is 7.30. The smallest absolute Gasteiger partial charge is 0.258 e. The van der Waals surface area contributed by atoms with Crippen LogP contribution in [0.4, 0.5) is 0 Å². The summed E-state index contributed by atoms with van der Waals surface area (Å²) < 4.78 is 5.43. The van der Waals surface area contributed by atoms with Gasteiger partial charge in [-0.3, -0.25) is 9.59 Å². The molecule has 0 unspecified atom stereocenters. The first kappa shape index (κ1) is 15.4. The second kappa shape index (κ2) is 7.11. The first-order chi connectivity index (χ1) is 10.1. The van der Waals surface area contributed by atoms with Crippen LogP contribution in [0.3, 0.4) is 0 Å². The Hall–Kier alpha value is -2.04. The van der Waals surface area contributed by atoms with E-state index in [1.54, 1.807) is 0 Å². The monoisotopic (exact) mass is 290 g/mol. The van der Waals surface area contributed by atoms with Crippen LogP contribution < -0.4 is 15.4 Å². The average Bonchev–Trinajstić information content (AvgIpc) is 3.29. The van der Waals surface area contributed by atoms with Gasteiger partial charge in [-0.15, -0.1) is 0 Å². The maximum atomic E-state index is 11.6. The van der Waals surface area contributed by atoms with Crippen molar-refractivity contribution >= 4 is 11.8 Å². The van der Waals surface area contributed by atoms with Crippen LogP contribution in [0.25, 0.3) is 0 Å². The van der Waals surface area contributed by atoms with Crippen molar-refractivity contribution in [2.75, 3.05) is 19.7 Å². The number of amides is 2. The van der Waals surface area contributed by atoms with Crippen molar-refractivity contribution in [2.45, 2.75) is 26.7 Å². The molecule has 0 saturated heterocycles. The number of hydrogen-bond donors (Lipinski definition) is 2. The second-order valence-electron chi connectivity index (χ2n) is 5.45. The van der Waals surface area contributed by atoms with Crippen molar-refractivity contribution in [2.24, 2.45) is 5.92 Å². The standard InChI is InChI=1S/C16H22N2O3/c1-11-3-6-14(9-12(11)2)21-10-15(19)17-7-8-18-16(20)13-4-5-13/h3,6,9,13H,4-5,7-8,10H2,1-2H3,(H,17,19)(H,18,20). The van der Waals surface area contributed by atoms with E-state index in [0.29, 0.717) is 18.8 Å². The summed E-state index contributed by atoms with van der Waals surface area (Å²) in [5.41, 5.74) is 2.33. The third-order valence-electron chi connectivity index (χ3n) is 3.54. The van der Waals surface area contributed by atoms with E-state index in [4.69, 9.17) is 4.74 Å². The van der Waals surface area contributed by atoms with E-state index in [2.05, 4.69) is 10.6 Å². The highest BCUT2D eigenvalue weighted by Gasteiger charge is 2.28. The van der Waals surface area contributed by atoms with Gasteiger partial charge in [-0.05, 0) is 49.9 Å². The van der Waals surface area contributed by atoms with Gasteiger partial charge in [0, 0.05) is 19.0 Å². The molecule has 1 aliphatic rings. The number of rotatable bonds is 7. The molecule has 2 amide bonds. The molecule has 5 heteroatoms. The number of hydrogen-bond acceptors (Lipinski definition) is 3. The quantitative estimate of drug-likeness (QED) is 0.744. The van der Waals surface area contributed by atoms with Crippen molar-refractivity contribution in [3.63, 3.8) is 0 Å². The molecular formula is C16H22N2O3. The summed E-state index contributed by atoms with van der Waals surface area (Å²) in [6, 6.07) is 5.74. The molecule has 21 heavy (non-hydrogen) atoms. The summed E-state index contributed by atoms with van der Waals surface area (Å²) in [6.07, 6.45) is 1.98. The van der Waals surface area contributed by atoms with E-state index in [1.165, 1.54) is 5.56 Å². The van der Waals surface area contributed by atoms with Gasteiger partial charge in [0.25, 0.3) is 5.91 Å². The fraction of sp³-hybridized carbons (Fsp3) is 0.500. The highest BCUT2D eigenvalue weighted by atomic mass is 16.5. The number of aryl methyl sites for hydroxylation is 2. The lowest BCUT2D eigenvalue weighted by Gasteiger charge is -2.09. The number of ether oxygens (including phenoxy) is 1. The molecule has 2 N–H and O–H groups in total. The average molecular weight is 290 g/mol. The largest absolute Gasteiger partial charge is 0.484 e. The number of carbonyl (C=O) groups is 2. The molecule has 0 bridgehead atoms. The van der Waals surface area contributed by atoms with Crippen LogP contribution in [0.1, 0.15) is 24.0 Å². The molecule has 5 nitrogen and oxygen atoms in total. The van der Waals surface area contributed by atoms with Gasteiger partial charge in [-0.2, -0.15) is 0 Å². The van der Waals surface area contributed by atoms with Crippen LogP contribution in [0.5, 0.6) is 5.75 Å². The van der Waals surface area contributed by atoms with Gasteiger partial charge in [0.1, 0.15) is 5.75 Å². The van der Waals surface area contributed by atoms with Gasteiger partial charge < -0.3 is 15.4 Å².